The maximum atomic E-state index is 8.79. The number of nitrogens with zero attached hydrogens (tertiary/aromatic N) is 4. The van der Waals surface area contributed by atoms with Crippen molar-refractivity contribution < 1.29 is 9.94 Å². The summed E-state index contributed by atoms with van der Waals surface area (Å²) in [5.41, 5.74) is 6.22. The molecule has 0 aromatic carbocycles. The number of ether oxygens (including phenoxy) is 1. The predicted molar refractivity (Wildman–Crippen MR) is 66.8 cm³/mol. The van der Waals surface area contributed by atoms with E-state index in [4.69, 9.17) is 15.7 Å². The molecule has 3 N–H and O–H groups in total. The molecule has 7 nitrogen and oxygen atoms in total. The summed E-state index contributed by atoms with van der Waals surface area (Å²) >= 11 is 0. The summed E-state index contributed by atoms with van der Waals surface area (Å²) in [5.74, 6) is 0.654. The van der Waals surface area contributed by atoms with E-state index in [0.717, 1.165) is 0 Å². The number of nitrogens with two attached hydrogens (primary N) is 1. The van der Waals surface area contributed by atoms with Crippen molar-refractivity contribution in [1.29, 1.82) is 0 Å². The second-order valence-corrected chi connectivity index (χ2v) is 4.42. The molecular weight excluding hydrogens is 234 g/mol. The maximum absolute atomic E-state index is 8.79. The molecule has 1 aromatic rings. The lowest BCUT2D eigenvalue weighted by Crippen LogP contribution is -2.46. The van der Waals surface area contributed by atoms with Gasteiger partial charge in [0.2, 0.25) is 0 Å². The van der Waals surface area contributed by atoms with E-state index in [9.17, 15) is 0 Å². The van der Waals surface area contributed by atoms with Gasteiger partial charge in [-0.2, -0.15) is 5.10 Å². The van der Waals surface area contributed by atoms with Crippen LogP contribution >= 0.6 is 0 Å². The fraction of sp³-hybridized carbons (Fsp3) is 0.545. The Morgan fingerprint density at radius 1 is 1.50 bits per heavy atom. The van der Waals surface area contributed by atoms with E-state index in [1.807, 2.05) is 18.7 Å². The quantitative estimate of drug-likeness (QED) is 0.337. The normalized spacial score (nSPS) is 25.2. The summed E-state index contributed by atoms with van der Waals surface area (Å²) in [6.45, 7) is 5.41. The van der Waals surface area contributed by atoms with Crippen molar-refractivity contribution in [2.75, 3.05) is 18.0 Å². The Hall–Kier alpha value is -1.89. The first-order valence-electron chi connectivity index (χ1n) is 5.81. The Labute approximate surface area is 105 Å². The van der Waals surface area contributed by atoms with E-state index in [2.05, 4.69) is 15.4 Å². The number of morpholine rings is 1. The van der Waals surface area contributed by atoms with Gasteiger partial charge in [0.15, 0.2) is 11.7 Å². The van der Waals surface area contributed by atoms with Crippen molar-refractivity contribution in [3.8, 4) is 0 Å². The molecule has 0 bridgehead atoms. The minimum Gasteiger partial charge on any atom is -0.409 e. The molecule has 2 heterocycles. The van der Waals surface area contributed by atoms with E-state index in [1.54, 1.807) is 6.07 Å². The minimum absolute atomic E-state index is 0.0340. The zero-order chi connectivity index (χ0) is 13.1. The summed E-state index contributed by atoms with van der Waals surface area (Å²) in [7, 11) is 0. The minimum atomic E-state index is 0.0340. The molecular formula is C11H17N5O2. The molecule has 0 amide bonds. The van der Waals surface area contributed by atoms with E-state index >= 15 is 0 Å². The molecule has 0 aliphatic carbocycles. The summed E-state index contributed by atoms with van der Waals surface area (Å²) in [4.78, 5) is 2.04. The largest absolute Gasteiger partial charge is 0.409 e. The zero-order valence-corrected chi connectivity index (χ0v) is 10.4. The number of hydrogen-bond donors (Lipinski definition) is 2. The monoisotopic (exact) mass is 251 g/mol. The van der Waals surface area contributed by atoms with Gasteiger partial charge in [0.1, 0.15) is 0 Å². The van der Waals surface area contributed by atoms with Crippen LogP contribution in [0.4, 0.5) is 5.82 Å². The summed E-state index contributed by atoms with van der Waals surface area (Å²) in [5, 5.41) is 19.8. The fourth-order valence-corrected chi connectivity index (χ4v) is 2.16. The number of oxime groups is 1. The maximum Gasteiger partial charge on any atom is 0.173 e. The standard InChI is InChI=1S/C11H17N5O2/c1-7-5-16(6-8(2)18-7)11-9(10(12)15-17)3-4-13-14-11/h3-4,7-8,17H,5-6H2,1-2H3,(H2,12,15). The predicted octanol–water partition coefficient (Wildman–Crippen LogP) is 0.185. The molecule has 0 saturated carbocycles. The smallest absolute Gasteiger partial charge is 0.173 e. The highest BCUT2D eigenvalue weighted by molar-refractivity contribution is 6.01. The molecule has 2 atom stereocenters. The fourth-order valence-electron chi connectivity index (χ4n) is 2.16. The average molecular weight is 251 g/mol. The Kier molecular flexibility index (Phi) is 3.61. The third-order valence-corrected chi connectivity index (χ3v) is 2.80. The zero-order valence-electron chi connectivity index (χ0n) is 10.4. The van der Waals surface area contributed by atoms with Crippen molar-refractivity contribution in [3.63, 3.8) is 0 Å². The van der Waals surface area contributed by atoms with Crippen molar-refractivity contribution >= 4 is 11.7 Å². The van der Waals surface area contributed by atoms with Crippen LogP contribution in [0.25, 0.3) is 0 Å². The van der Waals surface area contributed by atoms with Crippen LogP contribution in [-0.2, 0) is 4.74 Å². The Balaban J connectivity index is 2.32. The van der Waals surface area contributed by atoms with Crippen LogP contribution in [0, 0.1) is 0 Å². The lowest BCUT2D eigenvalue weighted by atomic mass is 10.2. The Bertz CT molecular complexity index is 441. The van der Waals surface area contributed by atoms with Crippen LogP contribution in [0.1, 0.15) is 19.4 Å². The molecule has 18 heavy (non-hydrogen) atoms. The number of anilines is 1. The second-order valence-electron chi connectivity index (χ2n) is 4.42. The summed E-state index contributed by atoms with van der Waals surface area (Å²) < 4.78 is 5.66. The van der Waals surface area contributed by atoms with E-state index in [1.165, 1.54) is 6.20 Å². The van der Waals surface area contributed by atoms with Crippen molar-refractivity contribution in [1.82, 2.24) is 10.2 Å². The van der Waals surface area contributed by atoms with Gasteiger partial charge in [-0.3, -0.25) is 0 Å². The highest BCUT2D eigenvalue weighted by atomic mass is 16.5. The molecule has 7 heteroatoms. The molecule has 1 fully saturated rings. The highest BCUT2D eigenvalue weighted by Gasteiger charge is 2.25. The van der Waals surface area contributed by atoms with Crippen molar-refractivity contribution in [2.24, 2.45) is 10.9 Å². The number of aromatic nitrogens is 2. The van der Waals surface area contributed by atoms with Crippen LogP contribution in [-0.4, -0.2) is 46.5 Å². The van der Waals surface area contributed by atoms with Gasteiger partial charge in [-0.05, 0) is 19.9 Å². The molecule has 98 valence electrons. The lowest BCUT2D eigenvalue weighted by molar-refractivity contribution is -0.00551. The van der Waals surface area contributed by atoms with E-state index in [-0.39, 0.29) is 18.0 Å². The third kappa shape index (κ3) is 2.51. The molecule has 1 saturated heterocycles. The van der Waals surface area contributed by atoms with Gasteiger partial charge in [-0.15, -0.1) is 5.10 Å². The molecule has 1 aliphatic rings. The van der Waals surface area contributed by atoms with Crippen LogP contribution in [0.3, 0.4) is 0 Å². The van der Waals surface area contributed by atoms with E-state index < -0.39 is 0 Å². The van der Waals surface area contributed by atoms with Gasteiger partial charge < -0.3 is 20.6 Å². The average Bonchev–Trinajstić information content (AvgIpc) is 2.36. The first kappa shape index (κ1) is 12.6. The van der Waals surface area contributed by atoms with Gasteiger partial charge in [0, 0.05) is 13.1 Å². The molecule has 0 radical (unpaired) electrons. The molecule has 2 rings (SSSR count). The van der Waals surface area contributed by atoms with Gasteiger partial charge in [-0.1, -0.05) is 5.16 Å². The van der Waals surface area contributed by atoms with Crippen molar-refractivity contribution in [2.45, 2.75) is 26.1 Å². The second kappa shape index (κ2) is 5.18. The number of hydrogen-bond acceptors (Lipinski definition) is 6. The van der Waals surface area contributed by atoms with Crippen LogP contribution in [0.2, 0.25) is 0 Å². The van der Waals surface area contributed by atoms with E-state index in [0.29, 0.717) is 24.5 Å². The SMILES string of the molecule is CC1CN(c2nnccc2/C(N)=N/O)CC(C)O1. The first-order chi connectivity index (χ1) is 8.61. The van der Waals surface area contributed by atoms with Gasteiger partial charge in [-0.25, -0.2) is 0 Å². The highest BCUT2D eigenvalue weighted by Crippen LogP contribution is 2.21. The van der Waals surface area contributed by atoms with Gasteiger partial charge in [0.05, 0.1) is 24.0 Å². The number of amidine groups is 1. The molecule has 1 aliphatic heterocycles. The summed E-state index contributed by atoms with van der Waals surface area (Å²) in [6, 6.07) is 1.68. The van der Waals surface area contributed by atoms with Gasteiger partial charge in [0.25, 0.3) is 0 Å². The molecule has 2 unspecified atom stereocenters. The van der Waals surface area contributed by atoms with Crippen LogP contribution in [0.5, 0.6) is 0 Å². The topological polar surface area (TPSA) is 96.9 Å². The number of rotatable bonds is 2. The molecule has 0 spiro atoms. The third-order valence-electron chi connectivity index (χ3n) is 2.80. The van der Waals surface area contributed by atoms with Crippen molar-refractivity contribution in [3.05, 3.63) is 17.8 Å². The van der Waals surface area contributed by atoms with Gasteiger partial charge >= 0.3 is 0 Å². The Morgan fingerprint density at radius 2 is 2.17 bits per heavy atom. The Morgan fingerprint density at radius 3 is 2.78 bits per heavy atom. The van der Waals surface area contributed by atoms with Crippen LogP contribution < -0.4 is 10.6 Å². The van der Waals surface area contributed by atoms with Crippen LogP contribution in [0.15, 0.2) is 17.4 Å². The first-order valence-corrected chi connectivity index (χ1v) is 5.81. The molecule has 1 aromatic heterocycles. The summed E-state index contributed by atoms with van der Waals surface area (Å²) in [6.07, 6.45) is 1.73. The lowest BCUT2D eigenvalue weighted by Gasteiger charge is -2.36.